The zero-order chi connectivity index (χ0) is 12.1. The Labute approximate surface area is 93.2 Å². The van der Waals surface area contributed by atoms with Gasteiger partial charge in [-0.15, -0.1) is 0 Å². The summed E-state index contributed by atoms with van der Waals surface area (Å²) in [7, 11) is 0. The number of carbonyl (C=O) groups excluding carboxylic acids is 1. The lowest BCUT2D eigenvalue weighted by atomic mass is 10.0. The van der Waals surface area contributed by atoms with Gasteiger partial charge in [-0.25, -0.2) is 9.18 Å². The average molecular weight is 224 g/mol. The summed E-state index contributed by atoms with van der Waals surface area (Å²) in [5, 5.41) is 9.55. The van der Waals surface area contributed by atoms with Gasteiger partial charge in [0.2, 0.25) is 0 Å². The molecule has 1 aromatic rings. The molecule has 1 N–H and O–H groups in total. The van der Waals surface area contributed by atoms with Crippen LogP contribution < -0.4 is 0 Å². The largest absolute Gasteiger partial charge is 0.464 e. The molecule has 0 aliphatic rings. The average Bonchev–Trinajstić information content (AvgIpc) is 2.28. The Bertz CT molecular complexity index is 401. The molecule has 0 saturated heterocycles. The Morgan fingerprint density at radius 1 is 1.56 bits per heavy atom. The Morgan fingerprint density at radius 2 is 2.19 bits per heavy atom. The highest BCUT2D eigenvalue weighted by Crippen LogP contribution is 2.20. The van der Waals surface area contributed by atoms with E-state index in [9.17, 15) is 14.3 Å². The molecule has 0 aromatic heterocycles. The van der Waals surface area contributed by atoms with E-state index in [0.717, 1.165) is 0 Å². The van der Waals surface area contributed by atoms with E-state index in [0.29, 0.717) is 0 Å². The van der Waals surface area contributed by atoms with Crippen molar-refractivity contribution in [3.63, 3.8) is 0 Å². The molecule has 1 unspecified atom stereocenters. The van der Waals surface area contributed by atoms with Crippen LogP contribution in [0.15, 0.2) is 30.8 Å². The molecule has 0 fully saturated rings. The highest BCUT2D eigenvalue weighted by molar-refractivity contribution is 5.90. The number of ether oxygens (including phenoxy) is 1. The highest BCUT2D eigenvalue weighted by atomic mass is 19.1. The van der Waals surface area contributed by atoms with E-state index >= 15 is 0 Å². The molecule has 0 amide bonds. The van der Waals surface area contributed by atoms with Crippen LogP contribution in [0.3, 0.4) is 0 Å². The fourth-order valence-electron chi connectivity index (χ4n) is 1.23. The molecule has 0 radical (unpaired) electrons. The molecule has 0 aliphatic carbocycles. The SMILES string of the molecule is C=C(c1ccccc1F)C(O)C(=O)OCC. The normalized spacial score (nSPS) is 11.9. The van der Waals surface area contributed by atoms with Crippen LogP contribution in [-0.4, -0.2) is 23.8 Å². The summed E-state index contributed by atoms with van der Waals surface area (Å²) in [6, 6.07) is 5.79. The minimum Gasteiger partial charge on any atom is -0.464 e. The molecule has 0 bridgehead atoms. The first kappa shape index (κ1) is 12.4. The van der Waals surface area contributed by atoms with E-state index in [1.807, 2.05) is 0 Å². The van der Waals surface area contributed by atoms with Gasteiger partial charge in [0.25, 0.3) is 0 Å². The van der Waals surface area contributed by atoms with Gasteiger partial charge in [0, 0.05) is 5.56 Å². The minimum atomic E-state index is -1.53. The first-order valence-corrected chi connectivity index (χ1v) is 4.86. The first-order valence-electron chi connectivity index (χ1n) is 4.86. The summed E-state index contributed by atoms with van der Waals surface area (Å²) in [6.07, 6.45) is -1.53. The molecule has 1 aromatic carbocycles. The number of carbonyl (C=O) groups is 1. The number of halogens is 1. The predicted molar refractivity (Wildman–Crippen MR) is 58.1 cm³/mol. The van der Waals surface area contributed by atoms with Crippen molar-refractivity contribution in [3.05, 3.63) is 42.2 Å². The molecule has 0 aliphatic heterocycles. The Kier molecular flexibility index (Phi) is 4.19. The molecule has 0 spiro atoms. The van der Waals surface area contributed by atoms with Crippen LogP contribution in [0, 0.1) is 5.82 Å². The fourth-order valence-corrected chi connectivity index (χ4v) is 1.23. The van der Waals surface area contributed by atoms with Crippen molar-refractivity contribution in [3.8, 4) is 0 Å². The third-order valence-electron chi connectivity index (χ3n) is 2.06. The zero-order valence-electron chi connectivity index (χ0n) is 8.94. The van der Waals surface area contributed by atoms with Gasteiger partial charge in [0.15, 0.2) is 6.10 Å². The molecule has 16 heavy (non-hydrogen) atoms. The predicted octanol–water partition coefficient (Wildman–Crippen LogP) is 1.76. The smallest absolute Gasteiger partial charge is 0.339 e. The van der Waals surface area contributed by atoms with E-state index in [-0.39, 0.29) is 17.7 Å². The zero-order valence-corrected chi connectivity index (χ0v) is 8.94. The maximum Gasteiger partial charge on any atom is 0.339 e. The standard InChI is InChI=1S/C12H13FO3/c1-3-16-12(15)11(14)8(2)9-6-4-5-7-10(9)13/h4-7,11,14H,2-3H2,1H3. The Balaban J connectivity index is 2.86. The second kappa shape index (κ2) is 5.42. The van der Waals surface area contributed by atoms with Crippen LogP contribution in [-0.2, 0) is 9.53 Å². The van der Waals surface area contributed by atoms with Crippen molar-refractivity contribution in [2.75, 3.05) is 6.61 Å². The quantitative estimate of drug-likeness (QED) is 0.793. The van der Waals surface area contributed by atoms with Gasteiger partial charge in [0.1, 0.15) is 5.82 Å². The van der Waals surface area contributed by atoms with E-state index in [4.69, 9.17) is 0 Å². The second-order valence-electron chi connectivity index (χ2n) is 3.16. The van der Waals surface area contributed by atoms with Crippen LogP contribution in [0.2, 0.25) is 0 Å². The highest BCUT2D eigenvalue weighted by Gasteiger charge is 2.22. The van der Waals surface area contributed by atoms with E-state index in [2.05, 4.69) is 11.3 Å². The summed E-state index contributed by atoms with van der Waals surface area (Å²) < 4.78 is 17.9. The summed E-state index contributed by atoms with van der Waals surface area (Å²) in [5.74, 6) is -1.35. The second-order valence-corrected chi connectivity index (χ2v) is 3.16. The molecule has 86 valence electrons. The monoisotopic (exact) mass is 224 g/mol. The number of hydrogen-bond donors (Lipinski definition) is 1. The van der Waals surface area contributed by atoms with E-state index < -0.39 is 17.9 Å². The lowest BCUT2D eigenvalue weighted by Gasteiger charge is -2.13. The molecule has 1 rings (SSSR count). The third-order valence-corrected chi connectivity index (χ3v) is 2.06. The van der Waals surface area contributed by atoms with Gasteiger partial charge in [-0.2, -0.15) is 0 Å². The number of hydrogen-bond acceptors (Lipinski definition) is 3. The fraction of sp³-hybridized carbons (Fsp3) is 0.250. The number of esters is 1. The molecule has 0 heterocycles. The lowest BCUT2D eigenvalue weighted by Crippen LogP contribution is -2.24. The molecule has 4 heteroatoms. The molecular weight excluding hydrogens is 211 g/mol. The Morgan fingerprint density at radius 3 is 2.75 bits per heavy atom. The topological polar surface area (TPSA) is 46.5 Å². The van der Waals surface area contributed by atoms with Crippen molar-refractivity contribution in [2.45, 2.75) is 13.0 Å². The number of aliphatic hydroxyl groups excluding tert-OH is 1. The number of aliphatic hydroxyl groups is 1. The minimum absolute atomic E-state index is 0.00319. The summed E-state index contributed by atoms with van der Waals surface area (Å²) >= 11 is 0. The van der Waals surface area contributed by atoms with E-state index in [1.165, 1.54) is 18.2 Å². The van der Waals surface area contributed by atoms with Crippen LogP contribution in [0.1, 0.15) is 12.5 Å². The summed E-state index contributed by atoms with van der Waals surface area (Å²) in [5.41, 5.74) is 0.111. The van der Waals surface area contributed by atoms with Crippen molar-refractivity contribution in [1.82, 2.24) is 0 Å². The van der Waals surface area contributed by atoms with Gasteiger partial charge < -0.3 is 9.84 Å². The summed E-state index contributed by atoms with van der Waals surface area (Å²) in [4.78, 5) is 11.2. The van der Waals surface area contributed by atoms with Gasteiger partial charge in [-0.3, -0.25) is 0 Å². The molecule has 1 atom stereocenters. The maximum atomic E-state index is 13.3. The van der Waals surface area contributed by atoms with Crippen LogP contribution in [0.25, 0.3) is 5.57 Å². The van der Waals surface area contributed by atoms with Crippen molar-refractivity contribution in [1.29, 1.82) is 0 Å². The van der Waals surface area contributed by atoms with Gasteiger partial charge in [-0.05, 0) is 18.6 Å². The van der Waals surface area contributed by atoms with Gasteiger partial charge in [-0.1, -0.05) is 24.8 Å². The van der Waals surface area contributed by atoms with Crippen molar-refractivity contribution in [2.24, 2.45) is 0 Å². The first-order chi connectivity index (χ1) is 7.57. The maximum absolute atomic E-state index is 13.3. The van der Waals surface area contributed by atoms with Crippen LogP contribution in [0.5, 0.6) is 0 Å². The Hall–Kier alpha value is -1.68. The lowest BCUT2D eigenvalue weighted by molar-refractivity contribution is -0.149. The number of benzene rings is 1. The van der Waals surface area contributed by atoms with Gasteiger partial charge in [0.05, 0.1) is 6.61 Å². The van der Waals surface area contributed by atoms with Gasteiger partial charge >= 0.3 is 5.97 Å². The van der Waals surface area contributed by atoms with Crippen molar-refractivity contribution >= 4 is 11.5 Å². The third kappa shape index (κ3) is 2.67. The van der Waals surface area contributed by atoms with Crippen LogP contribution >= 0.6 is 0 Å². The summed E-state index contributed by atoms with van der Waals surface area (Å²) in [6.45, 7) is 5.27. The van der Waals surface area contributed by atoms with Crippen molar-refractivity contribution < 1.29 is 19.0 Å². The molecule has 3 nitrogen and oxygen atoms in total. The molecular formula is C12H13FO3. The van der Waals surface area contributed by atoms with E-state index in [1.54, 1.807) is 13.0 Å². The molecule has 0 saturated carbocycles. The van der Waals surface area contributed by atoms with Crippen LogP contribution in [0.4, 0.5) is 4.39 Å². The number of rotatable bonds is 4.